The molecule has 3 rings (SSSR count). The van der Waals surface area contributed by atoms with Gasteiger partial charge in [-0.3, -0.25) is 4.79 Å². The zero-order valence-corrected chi connectivity index (χ0v) is 18.2. The van der Waals surface area contributed by atoms with Crippen LogP contribution in [0.15, 0.2) is 42.5 Å². The molecule has 3 aromatic rings. The number of benzene rings is 2. The Hall–Kier alpha value is -3.13. The standard InChI is InChI=1S/C22H26N6OS/c1-4-16-10-7-9-15(3)20(16)27-19(29)13-30-12-18-25-21(23)28-22(26-18)24-17-11-6-5-8-14(17)2/h5-11H,4,12-13H2,1-3H3,(H,27,29)(H3,23,24,25,26,28). The van der Waals surface area contributed by atoms with E-state index in [2.05, 4.69) is 32.5 Å². The molecule has 1 aromatic heterocycles. The smallest absolute Gasteiger partial charge is 0.234 e. The number of hydrogen-bond donors (Lipinski definition) is 3. The molecule has 0 saturated heterocycles. The van der Waals surface area contributed by atoms with E-state index in [-0.39, 0.29) is 11.9 Å². The predicted molar refractivity (Wildman–Crippen MR) is 124 cm³/mol. The Bertz CT molecular complexity index is 1040. The Morgan fingerprint density at radius 1 is 1.03 bits per heavy atom. The largest absolute Gasteiger partial charge is 0.368 e. The number of amides is 1. The van der Waals surface area contributed by atoms with E-state index in [0.29, 0.717) is 23.3 Å². The minimum Gasteiger partial charge on any atom is -0.368 e. The summed E-state index contributed by atoms with van der Waals surface area (Å²) in [5, 5.41) is 6.20. The van der Waals surface area contributed by atoms with E-state index in [1.165, 1.54) is 11.8 Å². The summed E-state index contributed by atoms with van der Waals surface area (Å²) in [5.74, 6) is 1.77. The van der Waals surface area contributed by atoms with E-state index < -0.39 is 0 Å². The molecule has 0 aliphatic carbocycles. The summed E-state index contributed by atoms with van der Waals surface area (Å²) in [6.07, 6.45) is 0.866. The summed E-state index contributed by atoms with van der Waals surface area (Å²) in [4.78, 5) is 25.2. The molecule has 30 heavy (non-hydrogen) atoms. The van der Waals surface area contributed by atoms with Crippen LogP contribution in [0.3, 0.4) is 0 Å². The van der Waals surface area contributed by atoms with Gasteiger partial charge in [0.15, 0.2) is 0 Å². The number of anilines is 4. The number of aryl methyl sites for hydroxylation is 3. The molecule has 0 radical (unpaired) electrons. The van der Waals surface area contributed by atoms with Gasteiger partial charge >= 0.3 is 0 Å². The molecule has 0 saturated carbocycles. The van der Waals surface area contributed by atoms with Gasteiger partial charge in [-0.1, -0.05) is 43.3 Å². The van der Waals surface area contributed by atoms with Crippen molar-refractivity contribution in [2.45, 2.75) is 32.9 Å². The summed E-state index contributed by atoms with van der Waals surface area (Å²) in [7, 11) is 0. The maximum Gasteiger partial charge on any atom is 0.234 e. The van der Waals surface area contributed by atoms with Crippen molar-refractivity contribution in [2.24, 2.45) is 0 Å². The molecule has 0 aliphatic heterocycles. The fourth-order valence-electron chi connectivity index (χ4n) is 3.00. The molecule has 4 N–H and O–H groups in total. The zero-order chi connectivity index (χ0) is 21.5. The minimum atomic E-state index is -0.0516. The molecule has 1 amide bonds. The first-order valence-corrected chi connectivity index (χ1v) is 10.9. The molecule has 2 aromatic carbocycles. The first-order chi connectivity index (χ1) is 14.5. The van der Waals surface area contributed by atoms with Gasteiger partial charge in [0, 0.05) is 11.4 Å². The number of aromatic nitrogens is 3. The number of thioether (sulfide) groups is 1. The van der Waals surface area contributed by atoms with Crippen LogP contribution < -0.4 is 16.4 Å². The number of nitrogens with one attached hydrogen (secondary N) is 2. The fraction of sp³-hybridized carbons (Fsp3) is 0.273. The molecule has 0 spiro atoms. The highest BCUT2D eigenvalue weighted by Gasteiger charge is 2.11. The second kappa shape index (κ2) is 10.1. The number of para-hydroxylation sites is 2. The highest BCUT2D eigenvalue weighted by Crippen LogP contribution is 2.22. The molecule has 1 heterocycles. The Kier molecular flexibility index (Phi) is 7.24. The summed E-state index contributed by atoms with van der Waals surface area (Å²) in [6.45, 7) is 6.08. The van der Waals surface area contributed by atoms with Crippen LogP contribution in [0.5, 0.6) is 0 Å². The van der Waals surface area contributed by atoms with Crippen LogP contribution >= 0.6 is 11.8 Å². The predicted octanol–water partition coefficient (Wildman–Crippen LogP) is 4.25. The van der Waals surface area contributed by atoms with Crippen LogP contribution in [-0.2, 0) is 17.0 Å². The van der Waals surface area contributed by atoms with E-state index in [9.17, 15) is 4.79 Å². The van der Waals surface area contributed by atoms with Gasteiger partial charge in [-0.2, -0.15) is 15.0 Å². The first kappa shape index (κ1) is 21.6. The van der Waals surface area contributed by atoms with Crippen molar-refractivity contribution in [1.82, 2.24) is 15.0 Å². The Balaban J connectivity index is 1.59. The van der Waals surface area contributed by atoms with Gasteiger partial charge in [-0.25, -0.2) is 0 Å². The maximum absolute atomic E-state index is 12.4. The van der Waals surface area contributed by atoms with Crippen molar-refractivity contribution in [2.75, 3.05) is 22.1 Å². The first-order valence-electron chi connectivity index (χ1n) is 9.75. The molecule has 0 atom stereocenters. The third-order valence-electron chi connectivity index (χ3n) is 4.56. The van der Waals surface area contributed by atoms with Crippen molar-refractivity contribution in [3.8, 4) is 0 Å². The summed E-state index contributed by atoms with van der Waals surface area (Å²) < 4.78 is 0. The highest BCUT2D eigenvalue weighted by molar-refractivity contribution is 7.99. The number of nitrogen functional groups attached to an aromatic ring is 1. The third kappa shape index (κ3) is 5.70. The second-order valence-electron chi connectivity index (χ2n) is 6.88. The zero-order valence-electron chi connectivity index (χ0n) is 17.4. The molecule has 0 unspecified atom stereocenters. The monoisotopic (exact) mass is 422 g/mol. The SMILES string of the molecule is CCc1cccc(C)c1NC(=O)CSCc1nc(N)nc(Nc2ccccc2C)n1. The van der Waals surface area contributed by atoms with Gasteiger partial charge in [-0.05, 0) is 43.0 Å². The van der Waals surface area contributed by atoms with Gasteiger partial charge in [0.1, 0.15) is 5.82 Å². The van der Waals surface area contributed by atoms with Crippen LogP contribution in [0.4, 0.5) is 23.3 Å². The van der Waals surface area contributed by atoms with Gasteiger partial charge < -0.3 is 16.4 Å². The lowest BCUT2D eigenvalue weighted by Gasteiger charge is -2.13. The van der Waals surface area contributed by atoms with Gasteiger partial charge in [0.25, 0.3) is 0 Å². The Morgan fingerprint density at radius 3 is 2.57 bits per heavy atom. The second-order valence-corrected chi connectivity index (χ2v) is 7.86. The third-order valence-corrected chi connectivity index (χ3v) is 5.49. The van der Waals surface area contributed by atoms with E-state index >= 15 is 0 Å². The molecule has 7 nitrogen and oxygen atoms in total. The average molecular weight is 423 g/mol. The van der Waals surface area contributed by atoms with Crippen molar-refractivity contribution in [3.63, 3.8) is 0 Å². The molecule has 0 fully saturated rings. The molecule has 0 bridgehead atoms. The topological polar surface area (TPSA) is 106 Å². The van der Waals surface area contributed by atoms with Crippen molar-refractivity contribution < 1.29 is 4.79 Å². The number of carbonyl (C=O) groups excluding carboxylic acids is 1. The Labute approximate surface area is 180 Å². The summed E-state index contributed by atoms with van der Waals surface area (Å²) in [6, 6.07) is 13.9. The van der Waals surface area contributed by atoms with E-state index in [1.807, 2.05) is 56.3 Å². The number of rotatable bonds is 8. The van der Waals surface area contributed by atoms with E-state index in [0.717, 1.165) is 34.5 Å². The van der Waals surface area contributed by atoms with Crippen molar-refractivity contribution in [3.05, 3.63) is 65.0 Å². The van der Waals surface area contributed by atoms with Gasteiger partial charge in [0.2, 0.25) is 17.8 Å². The minimum absolute atomic E-state index is 0.0516. The Morgan fingerprint density at radius 2 is 1.80 bits per heavy atom. The highest BCUT2D eigenvalue weighted by atomic mass is 32.2. The normalized spacial score (nSPS) is 10.6. The molecular weight excluding hydrogens is 396 g/mol. The van der Waals surface area contributed by atoms with E-state index in [4.69, 9.17) is 5.73 Å². The maximum atomic E-state index is 12.4. The van der Waals surface area contributed by atoms with Crippen LogP contribution in [0.1, 0.15) is 29.4 Å². The number of nitrogens with zero attached hydrogens (tertiary/aromatic N) is 3. The van der Waals surface area contributed by atoms with Crippen LogP contribution in [0, 0.1) is 13.8 Å². The van der Waals surface area contributed by atoms with Crippen molar-refractivity contribution in [1.29, 1.82) is 0 Å². The lowest BCUT2D eigenvalue weighted by molar-refractivity contribution is -0.113. The van der Waals surface area contributed by atoms with Crippen molar-refractivity contribution >= 4 is 40.9 Å². The average Bonchev–Trinajstić information content (AvgIpc) is 2.71. The van der Waals surface area contributed by atoms with Crippen LogP contribution in [0.2, 0.25) is 0 Å². The van der Waals surface area contributed by atoms with Gasteiger partial charge in [0.05, 0.1) is 11.5 Å². The molecule has 8 heteroatoms. The lowest BCUT2D eigenvalue weighted by atomic mass is 10.1. The number of hydrogen-bond acceptors (Lipinski definition) is 7. The lowest BCUT2D eigenvalue weighted by Crippen LogP contribution is -2.16. The number of carbonyl (C=O) groups is 1. The van der Waals surface area contributed by atoms with Crippen LogP contribution in [-0.4, -0.2) is 26.6 Å². The van der Waals surface area contributed by atoms with Crippen LogP contribution in [0.25, 0.3) is 0 Å². The molecule has 0 aliphatic rings. The summed E-state index contributed by atoms with van der Waals surface area (Å²) in [5.41, 5.74) is 10.9. The van der Waals surface area contributed by atoms with E-state index in [1.54, 1.807) is 0 Å². The summed E-state index contributed by atoms with van der Waals surface area (Å²) >= 11 is 1.43. The fourth-order valence-corrected chi connectivity index (χ4v) is 3.68. The molecular formula is C22H26N6OS. The quantitative estimate of drug-likeness (QED) is 0.498. The number of nitrogens with two attached hydrogens (primary N) is 1. The molecule has 156 valence electrons. The van der Waals surface area contributed by atoms with Gasteiger partial charge in [-0.15, -0.1) is 11.8 Å².